The highest BCUT2D eigenvalue weighted by atomic mass is 16.2. The maximum absolute atomic E-state index is 13.4. The lowest BCUT2D eigenvalue weighted by molar-refractivity contribution is -0.133. The summed E-state index contributed by atoms with van der Waals surface area (Å²) in [6, 6.07) is 26.6. The van der Waals surface area contributed by atoms with Gasteiger partial charge in [0.15, 0.2) is 0 Å². The number of hydrogen-bond acceptors (Lipinski definition) is 3. The van der Waals surface area contributed by atoms with Crippen molar-refractivity contribution in [1.29, 1.82) is 0 Å². The molecule has 1 aliphatic rings. The van der Waals surface area contributed by atoms with Crippen LogP contribution in [-0.2, 0) is 22.7 Å². The highest BCUT2D eigenvalue weighted by Gasteiger charge is 2.31. The number of benzene rings is 3. The molecule has 0 unspecified atom stereocenters. The molecule has 2 amide bonds. The van der Waals surface area contributed by atoms with Crippen molar-refractivity contribution >= 4 is 17.5 Å². The van der Waals surface area contributed by atoms with Crippen molar-refractivity contribution in [3.63, 3.8) is 0 Å². The van der Waals surface area contributed by atoms with Gasteiger partial charge in [-0.05, 0) is 48.9 Å². The Labute approximate surface area is 208 Å². The summed E-state index contributed by atoms with van der Waals surface area (Å²) in [5.41, 5.74) is 5.24. The predicted octanol–water partition coefficient (Wildman–Crippen LogP) is 5.33. The van der Waals surface area contributed by atoms with Crippen LogP contribution in [0, 0.1) is 13.8 Å². The smallest absolute Gasteiger partial charge is 0.238 e. The van der Waals surface area contributed by atoms with Crippen LogP contribution in [0.1, 0.15) is 41.5 Å². The van der Waals surface area contributed by atoms with Gasteiger partial charge in [0, 0.05) is 37.8 Å². The molecule has 1 aliphatic carbocycles. The first-order valence-electron chi connectivity index (χ1n) is 12.5. The van der Waals surface area contributed by atoms with E-state index in [9.17, 15) is 9.59 Å². The fourth-order valence-electron chi connectivity index (χ4n) is 4.44. The molecule has 0 radical (unpaired) electrons. The summed E-state index contributed by atoms with van der Waals surface area (Å²) in [5.74, 6) is 0.0886. The van der Waals surface area contributed by atoms with E-state index in [1.807, 2.05) is 73.3 Å². The number of carbonyl (C=O) groups is 2. The van der Waals surface area contributed by atoms with Crippen LogP contribution < -0.4 is 5.32 Å². The van der Waals surface area contributed by atoms with E-state index in [1.165, 1.54) is 0 Å². The topological polar surface area (TPSA) is 52.7 Å². The minimum absolute atomic E-state index is 0.0211. The van der Waals surface area contributed by atoms with E-state index >= 15 is 0 Å². The molecule has 3 aromatic carbocycles. The van der Waals surface area contributed by atoms with Crippen LogP contribution >= 0.6 is 0 Å². The van der Waals surface area contributed by atoms with Crippen molar-refractivity contribution in [2.45, 2.75) is 52.2 Å². The van der Waals surface area contributed by atoms with Gasteiger partial charge < -0.3 is 10.2 Å². The van der Waals surface area contributed by atoms with Crippen molar-refractivity contribution in [3.8, 4) is 0 Å². The van der Waals surface area contributed by atoms with Crippen LogP contribution in [0.3, 0.4) is 0 Å². The third-order valence-electron chi connectivity index (χ3n) is 6.55. The molecule has 0 aliphatic heterocycles. The third kappa shape index (κ3) is 7.27. The number of amides is 2. The van der Waals surface area contributed by atoms with Gasteiger partial charge in [-0.3, -0.25) is 14.5 Å². The summed E-state index contributed by atoms with van der Waals surface area (Å²) in [6.45, 7) is 6.06. The molecule has 1 fully saturated rings. The fraction of sp³-hybridized carbons (Fsp3) is 0.333. The molecule has 0 saturated heterocycles. The molecular formula is C30H35N3O2. The van der Waals surface area contributed by atoms with Gasteiger partial charge in [0.05, 0.1) is 6.54 Å². The molecule has 0 atom stereocenters. The molecule has 3 aromatic rings. The van der Waals surface area contributed by atoms with E-state index in [1.54, 1.807) is 0 Å². The number of nitrogens with zero attached hydrogens (tertiary/aromatic N) is 2. The molecule has 4 rings (SSSR count). The lowest BCUT2D eigenvalue weighted by Crippen LogP contribution is -2.38. The van der Waals surface area contributed by atoms with Gasteiger partial charge in [-0.25, -0.2) is 0 Å². The van der Waals surface area contributed by atoms with Crippen LogP contribution in [-0.4, -0.2) is 40.7 Å². The Hall–Kier alpha value is -3.44. The highest BCUT2D eigenvalue weighted by Crippen LogP contribution is 2.27. The number of rotatable bonds is 11. The fourth-order valence-corrected chi connectivity index (χ4v) is 4.44. The van der Waals surface area contributed by atoms with E-state index in [0.29, 0.717) is 38.6 Å². The summed E-state index contributed by atoms with van der Waals surface area (Å²) in [6.07, 6.45) is 2.57. The summed E-state index contributed by atoms with van der Waals surface area (Å²) in [4.78, 5) is 30.3. The third-order valence-corrected chi connectivity index (χ3v) is 6.55. The average molecular weight is 470 g/mol. The maximum Gasteiger partial charge on any atom is 0.238 e. The molecule has 182 valence electrons. The minimum Gasteiger partial charge on any atom is -0.334 e. The zero-order chi connectivity index (χ0) is 24.6. The second-order valence-electron chi connectivity index (χ2n) is 9.49. The average Bonchev–Trinajstić information content (AvgIpc) is 3.70. The number of anilines is 1. The Kier molecular flexibility index (Phi) is 8.32. The zero-order valence-electron chi connectivity index (χ0n) is 20.7. The molecule has 5 nitrogen and oxygen atoms in total. The lowest BCUT2D eigenvalue weighted by atomic mass is 10.1. The molecule has 0 aromatic heterocycles. The summed E-state index contributed by atoms with van der Waals surface area (Å²) >= 11 is 0. The van der Waals surface area contributed by atoms with Crippen LogP contribution in [0.25, 0.3) is 0 Å². The Morgan fingerprint density at radius 3 is 1.86 bits per heavy atom. The summed E-state index contributed by atoms with van der Waals surface area (Å²) in [7, 11) is 0. The monoisotopic (exact) mass is 469 g/mol. The lowest BCUT2D eigenvalue weighted by Gasteiger charge is -2.26. The van der Waals surface area contributed by atoms with Crippen molar-refractivity contribution in [1.82, 2.24) is 9.80 Å². The van der Waals surface area contributed by atoms with Gasteiger partial charge in [-0.1, -0.05) is 78.9 Å². The minimum atomic E-state index is -0.0211. The van der Waals surface area contributed by atoms with E-state index < -0.39 is 0 Å². The molecule has 35 heavy (non-hydrogen) atoms. The van der Waals surface area contributed by atoms with Crippen molar-refractivity contribution in [2.24, 2.45) is 0 Å². The summed E-state index contributed by atoms with van der Waals surface area (Å²) < 4.78 is 0. The van der Waals surface area contributed by atoms with Crippen LogP contribution in [0.15, 0.2) is 78.9 Å². The highest BCUT2D eigenvalue weighted by molar-refractivity contribution is 5.93. The standard InChI is InChI=1S/C30H35N3O2/c1-23-10-9-11-24(2)30(23)31-28(34)22-32(27-16-17-27)19-18-29(35)33(20-25-12-5-3-6-13-25)21-26-14-7-4-8-15-26/h3-15,27H,16-22H2,1-2H3,(H,31,34). The second-order valence-corrected chi connectivity index (χ2v) is 9.49. The van der Waals surface area contributed by atoms with Crippen molar-refractivity contribution < 1.29 is 9.59 Å². The van der Waals surface area contributed by atoms with Crippen molar-refractivity contribution in [3.05, 3.63) is 101 Å². The largest absolute Gasteiger partial charge is 0.334 e. The number of carbonyl (C=O) groups excluding carboxylic acids is 2. The Morgan fingerprint density at radius 1 is 0.800 bits per heavy atom. The van der Waals surface area contributed by atoms with Gasteiger partial charge in [-0.2, -0.15) is 0 Å². The Bertz CT molecular complexity index is 1070. The Morgan fingerprint density at radius 2 is 1.34 bits per heavy atom. The SMILES string of the molecule is Cc1cccc(C)c1NC(=O)CN(CCC(=O)N(Cc1ccccc1)Cc1ccccc1)C1CC1. The predicted molar refractivity (Wildman–Crippen MR) is 141 cm³/mol. The maximum atomic E-state index is 13.4. The van der Waals surface area contributed by atoms with Gasteiger partial charge >= 0.3 is 0 Å². The molecule has 0 heterocycles. The quantitative estimate of drug-likeness (QED) is 0.413. The number of aryl methyl sites for hydroxylation is 2. The molecule has 0 spiro atoms. The zero-order valence-corrected chi connectivity index (χ0v) is 20.7. The molecule has 1 saturated carbocycles. The molecule has 1 N–H and O–H groups in total. The van der Waals surface area contributed by atoms with Gasteiger partial charge in [0.25, 0.3) is 0 Å². The van der Waals surface area contributed by atoms with Crippen molar-refractivity contribution in [2.75, 3.05) is 18.4 Å². The van der Waals surface area contributed by atoms with Crippen LogP contribution in [0.5, 0.6) is 0 Å². The van der Waals surface area contributed by atoms with Gasteiger partial charge in [0.1, 0.15) is 0 Å². The van der Waals surface area contributed by atoms with Gasteiger partial charge in [0.2, 0.25) is 11.8 Å². The molecule has 0 bridgehead atoms. The normalized spacial score (nSPS) is 13.0. The first-order chi connectivity index (χ1) is 17.0. The number of hydrogen-bond donors (Lipinski definition) is 1. The number of nitrogens with one attached hydrogen (secondary N) is 1. The van der Waals surface area contributed by atoms with E-state index in [0.717, 1.165) is 40.8 Å². The molecule has 5 heteroatoms. The Balaban J connectivity index is 1.38. The second kappa shape index (κ2) is 11.8. The number of para-hydroxylation sites is 1. The van der Waals surface area contributed by atoms with Crippen LogP contribution in [0.2, 0.25) is 0 Å². The van der Waals surface area contributed by atoms with E-state index in [4.69, 9.17) is 0 Å². The first kappa shape index (κ1) is 24.7. The first-order valence-corrected chi connectivity index (χ1v) is 12.5. The van der Waals surface area contributed by atoms with Gasteiger partial charge in [-0.15, -0.1) is 0 Å². The van der Waals surface area contributed by atoms with Crippen LogP contribution in [0.4, 0.5) is 5.69 Å². The summed E-state index contributed by atoms with van der Waals surface area (Å²) in [5, 5.41) is 3.09. The van der Waals surface area contributed by atoms with E-state index in [2.05, 4.69) is 34.5 Å². The molecular weight excluding hydrogens is 434 g/mol. The van der Waals surface area contributed by atoms with E-state index in [-0.39, 0.29) is 11.8 Å².